The molecule has 4 N–H and O–H groups in total. The second-order valence-electron chi connectivity index (χ2n) is 6.84. The third-order valence-electron chi connectivity index (χ3n) is 4.53. The first kappa shape index (κ1) is 13.7. The molecule has 1 spiro atoms. The molecule has 2 rings (SSSR count). The maximum Gasteiger partial charge on any atom is 0.188 e. The van der Waals surface area contributed by atoms with E-state index in [0.717, 1.165) is 19.4 Å². The molecule has 2 fully saturated rings. The number of aliphatic hydroxyl groups is 1. The number of hydrogen-bond donors (Lipinski definition) is 3. The van der Waals surface area contributed by atoms with Crippen molar-refractivity contribution in [3.63, 3.8) is 0 Å². The molecule has 2 aliphatic carbocycles. The van der Waals surface area contributed by atoms with Gasteiger partial charge in [-0.15, -0.1) is 0 Å². The minimum absolute atomic E-state index is 0.0184. The van der Waals surface area contributed by atoms with Crippen LogP contribution in [0.3, 0.4) is 0 Å². The maximum atomic E-state index is 9.59. The Bertz CT molecular complexity index is 313. The average molecular weight is 253 g/mol. The summed E-state index contributed by atoms with van der Waals surface area (Å²) >= 11 is 0. The summed E-state index contributed by atoms with van der Waals surface area (Å²) in [6.45, 7) is 6.05. The van der Waals surface area contributed by atoms with Gasteiger partial charge in [-0.2, -0.15) is 0 Å². The van der Waals surface area contributed by atoms with E-state index in [0.29, 0.717) is 23.8 Å². The minimum Gasteiger partial charge on any atom is -0.396 e. The standard InChI is InChI=1S/C14H27N3O/c1-11(2)6-16-12(15)17-9-14(10-18)7-13(8-14)4-3-5-13/h11,18H,3-10H2,1-2H3,(H3,15,16,17). The molecule has 2 aliphatic rings. The number of nitrogens with one attached hydrogen (secondary N) is 1. The fourth-order valence-electron chi connectivity index (χ4n) is 3.46. The molecule has 0 bridgehead atoms. The molecule has 4 nitrogen and oxygen atoms in total. The highest BCUT2D eigenvalue weighted by atomic mass is 16.3. The largest absolute Gasteiger partial charge is 0.396 e. The minimum atomic E-state index is 0.0184. The Morgan fingerprint density at radius 1 is 1.39 bits per heavy atom. The monoisotopic (exact) mass is 253 g/mol. The first-order chi connectivity index (χ1) is 8.49. The third-order valence-corrected chi connectivity index (χ3v) is 4.53. The Morgan fingerprint density at radius 2 is 2.06 bits per heavy atom. The van der Waals surface area contributed by atoms with Crippen LogP contribution in [0.15, 0.2) is 4.99 Å². The highest BCUT2D eigenvalue weighted by Crippen LogP contribution is 2.64. The van der Waals surface area contributed by atoms with Crippen molar-refractivity contribution in [2.75, 3.05) is 19.7 Å². The molecule has 0 heterocycles. The number of hydrogen-bond acceptors (Lipinski definition) is 2. The highest BCUT2D eigenvalue weighted by Gasteiger charge is 2.56. The molecule has 104 valence electrons. The Balaban J connectivity index is 1.79. The summed E-state index contributed by atoms with van der Waals surface area (Å²) in [6, 6.07) is 0. The summed E-state index contributed by atoms with van der Waals surface area (Å²) in [4.78, 5) is 4.41. The summed E-state index contributed by atoms with van der Waals surface area (Å²) in [6.07, 6.45) is 6.33. The zero-order chi connectivity index (χ0) is 13.2. The van der Waals surface area contributed by atoms with Crippen molar-refractivity contribution in [2.45, 2.75) is 46.0 Å². The number of nitrogens with zero attached hydrogens (tertiary/aromatic N) is 1. The van der Waals surface area contributed by atoms with E-state index < -0.39 is 0 Å². The van der Waals surface area contributed by atoms with Crippen molar-refractivity contribution in [2.24, 2.45) is 27.5 Å². The second kappa shape index (κ2) is 5.08. The smallest absolute Gasteiger partial charge is 0.188 e. The lowest BCUT2D eigenvalue weighted by atomic mass is 9.45. The predicted octanol–water partition coefficient (Wildman–Crippen LogP) is 1.49. The molecule has 0 aromatic heterocycles. The molecule has 0 saturated heterocycles. The molecule has 0 amide bonds. The van der Waals surface area contributed by atoms with E-state index in [1.54, 1.807) is 0 Å². The van der Waals surface area contributed by atoms with Gasteiger partial charge in [-0.3, -0.25) is 4.99 Å². The summed E-state index contributed by atoms with van der Waals surface area (Å²) in [7, 11) is 0. The SMILES string of the molecule is CC(C)CNC(N)=NCC1(CO)CC2(CCC2)C1. The fourth-order valence-corrected chi connectivity index (χ4v) is 3.46. The molecule has 2 saturated carbocycles. The van der Waals surface area contributed by atoms with Gasteiger partial charge in [0.1, 0.15) is 0 Å². The fraction of sp³-hybridized carbons (Fsp3) is 0.929. The average Bonchev–Trinajstić information content (AvgIpc) is 2.23. The Labute approximate surface area is 110 Å². The Hall–Kier alpha value is -0.770. The molecule has 0 radical (unpaired) electrons. The van der Waals surface area contributed by atoms with Crippen molar-refractivity contribution in [3.8, 4) is 0 Å². The zero-order valence-corrected chi connectivity index (χ0v) is 11.7. The van der Waals surface area contributed by atoms with Crippen LogP contribution in [0.5, 0.6) is 0 Å². The summed E-state index contributed by atoms with van der Waals surface area (Å²) < 4.78 is 0. The van der Waals surface area contributed by atoms with Crippen LogP contribution in [0.1, 0.15) is 46.0 Å². The van der Waals surface area contributed by atoms with E-state index in [-0.39, 0.29) is 12.0 Å². The lowest BCUT2D eigenvalue weighted by Gasteiger charge is -2.60. The first-order valence-corrected chi connectivity index (χ1v) is 7.14. The van der Waals surface area contributed by atoms with Crippen molar-refractivity contribution in [3.05, 3.63) is 0 Å². The number of rotatable bonds is 5. The summed E-state index contributed by atoms with van der Waals surface area (Å²) in [5, 5.41) is 12.7. The number of aliphatic imine (C=N–C) groups is 1. The molecular weight excluding hydrogens is 226 g/mol. The van der Waals surface area contributed by atoms with Gasteiger partial charge in [-0.1, -0.05) is 20.3 Å². The van der Waals surface area contributed by atoms with Crippen LogP contribution < -0.4 is 11.1 Å². The van der Waals surface area contributed by atoms with Crippen LogP contribution in [-0.4, -0.2) is 30.8 Å². The molecule has 0 aromatic carbocycles. The summed E-state index contributed by atoms with van der Waals surface area (Å²) in [5.74, 6) is 1.08. The maximum absolute atomic E-state index is 9.59. The van der Waals surface area contributed by atoms with Crippen LogP contribution in [-0.2, 0) is 0 Å². The van der Waals surface area contributed by atoms with Crippen LogP contribution >= 0.6 is 0 Å². The zero-order valence-electron chi connectivity index (χ0n) is 11.7. The molecule has 0 unspecified atom stereocenters. The van der Waals surface area contributed by atoms with Gasteiger partial charge in [-0.25, -0.2) is 0 Å². The van der Waals surface area contributed by atoms with E-state index in [9.17, 15) is 5.11 Å². The van der Waals surface area contributed by atoms with Crippen molar-refractivity contribution >= 4 is 5.96 Å². The van der Waals surface area contributed by atoms with Gasteiger partial charge < -0.3 is 16.2 Å². The van der Waals surface area contributed by atoms with Gasteiger partial charge in [0.2, 0.25) is 0 Å². The van der Waals surface area contributed by atoms with Crippen molar-refractivity contribution in [1.82, 2.24) is 5.32 Å². The molecular formula is C14H27N3O. The Kier molecular flexibility index (Phi) is 3.85. The van der Waals surface area contributed by atoms with Gasteiger partial charge in [0.25, 0.3) is 0 Å². The van der Waals surface area contributed by atoms with E-state index in [1.807, 2.05) is 0 Å². The number of guanidine groups is 1. The summed E-state index contributed by atoms with van der Waals surface area (Å²) in [5.41, 5.74) is 6.42. The molecule has 0 atom stereocenters. The Morgan fingerprint density at radius 3 is 2.50 bits per heavy atom. The van der Waals surface area contributed by atoms with Gasteiger partial charge in [0.15, 0.2) is 5.96 Å². The third kappa shape index (κ3) is 2.79. The quantitative estimate of drug-likeness (QED) is 0.513. The normalized spacial score (nSPS) is 24.8. The first-order valence-electron chi connectivity index (χ1n) is 7.14. The van der Waals surface area contributed by atoms with Crippen molar-refractivity contribution < 1.29 is 5.11 Å². The van der Waals surface area contributed by atoms with E-state index in [2.05, 4.69) is 24.2 Å². The van der Waals surface area contributed by atoms with Crippen LogP contribution in [0.25, 0.3) is 0 Å². The predicted molar refractivity (Wildman–Crippen MR) is 74.4 cm³/mol. The molecule has 0 aliphatic heterocycles. The van der Waals surface area contributed by atoms with Crippen LogP contribution in [0.4, 0.5) is 0 Å². The van der Waals surface area contributed by atoms with Gasteiger partial charge in [0, 0.05) is 12.0 Å². The van der Waals surface area contributed by atoms with Crippen molar-refractivity contribution in [1.29, 1.82) is 0 Å². The number of aliphatic hydroxyl groups excluding tert-OH is 1. The second-order valence-corrected chi connectivity index (χ2v) is 6.84. The number of nitrogens with two attached hydrogens (primary N) is 1. The molecule has 0 aromatic rings. The van der Waals surface area contributed by atoms with E-state index in [4.69, 9.17) is 5.73 Å². The van der Waals surface area contributed by atoms with E-state index >= 15 is 0 Å². The highest BCUT2D eigenvalue weighted by molar-refractivity contribution is 5.77. The topological polar surface area (TPSA) is 70.6 Å². The molecule has 4 heteroatoms. The lowest BCUT2D eigenvalue weighted by Crippen LogP contribution is -2.54. The van der Waals surface area contributed by atoms with Crippen LogP contribution in [0.2, 0.25) is 0 Å². The van der Waals surface area contributed by atoms with Gasteiger partial charge in [0.05, 0.1) is 13.2 Å². The lowest BCUT2D eigenvalue weighted by molar-refractivity contribution is -0.114. The van der Waals surface area contributed by atoms with Gasteiger partial charge in [-0.05, 0) is 37.0 Å². The van der Waals surface area contributed by atoms with Crippen LogP contribution in [0, 0.1) is 16.7 Å². The van der Waals surface area contributed by atoms with Gasteiger partial charge >= 0.3 is 0 Å². The molecule has 18 heavy (non-hydrogen) atoms. The van der Waals surface area contributed by atoms with E-state index in [1.165, 1.54) is 19.3 Å².